The molecule has 7 nitrogen and oxygen atoms in total. The van der Waals surface area contributed by atoms with Crippen LogP contribution < -0.4 is 10.3 Å². The second-order valence-corrected chi connectivity index (χ2v) is 6.14. The molecule has 144 valence electrons. The lowest BCUT2D eigenvalue weighted by atomic mass is 10.0. The Bertz CT molecular complexity index is 1150. The number of aliphatic carboxylic acids is 1. The summed E-state index contributed by atoms with van der Waals surface area (Å²) in [6, 6.07) is 9.97. The Balaban J connectivity index is 2.04. The monoisotopic (exact) mass is 385 g/mol. The third-order valence-electron chi connectivity index (χ3n) is 4.22. The fourth-order valence-corrected chi connectivity index (χ4v) is 2.83. The second-order valence-electron chi connectivity index (χ2n) is 6.14. The van der Waals surface area contributed by atoms with Gasteiger partial charge in [-0.15, -0.1) is 0 Å². The fraction of sp³-hybridized carbons (Fsp3) is 0.150. The van der Waals surface area contributed by atoms with E-state index in [2.05, 4.69) is 0 Å². The van der Waals surface area contributed by atoms with E-state index in [9.17, 15) is 23.9 Å². The largest absolute Gasteiger partial charge is 0.506 e. The Labute approximate surface area is 158 Å². The van der Waals surface area contributed by atoms with Gasteiger partial charge in [-0.3, -0.25) is 14.4 Å². The van der Waals surface area contributed by atoms with Crippen molar-refractivity contribution < 1.29 is 28.9 Å². The minimum absolute atomic E-state index is 0.229. The van der Waals surface area contributed by atoms with Gasteiger partial charge in [0.05, 0.1) is 11.9 Å². The zero-order chi connectivity index (χ0) is 20.4. The number of halogens is 1. The molecule has 0 fully saturated rings. The number of carboxylic acid groups (broad SMARTS) is 1. The molecule has 0 saturated heterocycles. The summed E-state index contributed by atoms with van der Waals surface area (Å²) in [6.07, 6.45) is -0.843. The Morgan fingerprint density at radius 1 is 1.11 bits per heavy atom. The van der Waals surface area contributed by atoms with E-state index in [1.54, 1.807) is 6.07 Å². The summed E-state index contributed by atoms with van der Waals surface area (Å²) >= 11 is 0. The fourth-order valence-electron chi connectivity index (χ4n) is 2.83. The molecule has 0 aliphatic rings. The van der Waals surface area contributed by atoms with Crippen LogP contribution in [0, 0.1) is 5.82 Å². The van der Waals surface area contributed by atoms with E-state index in [0.717, 1.165) is 0 Å². The van der Waals surface area contributed by atoms with Crippen LogP contribution in [0.2, 0.25) is 0 Å². The number of carboxylic acids is 1. The third kappa shape index (κ3) is 3.71. The van der Waals surface area contributed by atoms with Crippen LogP contribution in [0.1, 0.15) is 23.2 Å². The normalized spacial score (nSPS) is 10.8. The van der Waals surface area contributed by atoms with E-state index in [4.69, 9.17) is 9.84 Å². The average Bonchev–Trinajstić information content (AvgIpc) is 2.64. The van der Waals surface area contributed by atoms with Crippen LogP contribution in [0.15, 0.2) is 47.3 Å². The van der Waals surface area contributed by atoms with Crippen LogP contribution >= 0.6 is 0 Å². The smallest absolute Gasteiger partial charge is 0.303 e. The summed E-state index contributed by atoms with van der Waals surface area (Å²) < 4.78 is 20.0. The predicted octanol–water partition coefficient (Wildman–Crippen LogP) is 3.22. The van der Waals surface area contributed by atoms with Gasteiger partial charge in [-0.05, 0) is 24.3 Å². The van der Waals surface area contributed by atoms with E-state index >= 15 is 0 Å². The molecule has 8 heteroatoms. The maximum Gasteiger partial charge on any atom is 0.303 e. The Morgan fingerprint density at radius 3 is 2.50 bits per heavy atom. The van der Waals surface area contributed by atoms with Crippen molar-refractivity contribution in [1.29, 1.82) is 0 Å². The summed E-state index contributed by atoms with van der Waals surface area (Å²) in [7, 11) is 1.42. The number of hydrogen-bond acceptors (Lipinski definition) is 5. The molecule has 3 aromatic rings. The molecule has 0 spiro atoms. The van der Waals surface area contributed by atoms with Crippen molar-refractivity contribution in [2.45, 2.75) is 12.8 Å². The van der Waals surface area contributed by atoms with Gasteiger partial charge in [0.1, 0.15) is 28.6 Å². The van der Waals surface area contributed by atoms with Crippen molar-refractivity contribution in [3.8, 4) is 17.2 Å². The van der Waals surface area contributed by atoms with E-state index in [-0.39, 0.29) is 11.1 Å². The minimum atomic E-state index is -1.18. The van der Waals surface area contributed by atoms with Crippen molar-refractivity contribution >= 4 is 22.7 Å². The number of ketones is 1. The highest BCUT2D eigenvalue weighted by Crippen LogP contribution is 2.31. The van der Waals surface area contributed by atoms with Gasteiger partial charge in [-0.25, -0.2) is 4.39 Å². The quantitative estimate of drug-likeness (QED) is 0.631. The lowest BCUT2D eigenvalue weighted by Gasteiger charge is -2.13. The van der Waals surface area contributed by atoms with E-state index < -0.39 is 47.3 Å². The maximum absolute atomic E-state index is 13.3. The molecule has 0 bridgehead atoms. The molecule has 2 N–H and O–H groups in total. The number of carbonyl (C=O) groups excluding carboxylic acids is 1. The van der Waals surface area contributed by atoms with Gasteiger partial charge in [0.2, 0.25) is 0 Å². The average molecular weight is 385 g/mol. The van der Waals surface area contributed by atoms with Crippen molar-refractivity contribution in [2.24, 2.45) is 7.05 Å². The van der Waals surface area contributed by atoms with Gasteiger partial charge in [-0.1, -0.05) is 6.07 Å². The summed E-state index contributed by atoms with van der Waals surface area (Å²) in [5, 5.41) is 19.4. The van der Waals surface area contributed by atoms with E-state index in [0.29, 0.717) is 11.3 Å². The highest BCUT2D eigenvalue weighted by molar-refractivity contribution is 6.04. The first-order valence-electron chi connectivity index (χ1n) is 8.32. The number of Topliss-reactive ketones (excluding diaryl/α,β-unsaturated/α-hetero) is 1. The Morgan fingerprint density at radius 2 is 1.82 bits per heavy atom. The lowest BCUT2D eigenvalue weighted by molar-refractivity contribution is -0.136. The number of aromatic nitrogens is 1. The molecule has 0 unspecified atom stereocenters. The number of fused-ring (bicyclic) bond motifs is 1. The molecule has 0 aliphatic heterocycles. The summed E-state index contributed by atoms with van der Waals surface area (Å²) in [5.41, 5.74) is -0.899. The number of carbonyl (C=O) groups is 2. The number of rotatable bonds is 6. The maximum atomic E-state index is 13.3. The molecule has 1 aromatic heterocycles. The number of hydrogen-bond donors (Lipinski definition) is 2. The minimum Gasteiger partial charge on any atom is -0.506 e. The number of aryl methyl sites for hydroxylation is 1. The number of benzene rings is 2. The lowest BCUT2D eigenvalue weighted by Crippen LogP contribution is -2.25. The zero-order valence-electron chi connectivity index (χ0n) is 14.8. The van der Waals surface area contributed by atoms with Crippen molar-refractivity contribution in [2.75, 3.05) is 0 Å². The zero-order valence-corrected chi connectivity index (χ0v) is 14.8. The molecule has 0 radical (unpaired) electrons. The molecule has 1 heterocycles. The van der Waals surface area contributed by atoms with Gasteiger partial charge in [-0.2, -0.15) is 0 Å². The molecular formula is C20H16FNO6. The van der Waals surface area contributed by atoms with Crippen LogP contribution in [0.5, 0.6) is 17.2 Å². The van der Waals surface area contributed by atoms with Gasteiger partial charge in [0.15, 0.2) is 5.78 Å². The van der Waals surface area contributed by atoms with Gasteiger partial charge in [0, 0.05) is 31.0 Å². The first-order valence-corrected chi connectivity index (χ1v) is 8.32. The third-order valence-corrected chi connectivity index (χ3v) is 4.22. The Kier molecular flexibility index (Phi) is 5.12. The van der Waals surface area contributed by atoms with E-state index in [1.807, 2.05) is 0 Å². The molecule has 2 aromatic carbocycles. The molecule has 0 saturated carbocycles. The molecule has 3 rings (SSSR count). The van der Waals surface area contributed by atoms with Crippen LogP contribution in [0.3, 0.4) is 0 Å². The van der Waals surface area contributed by atoms with Gasteiger partial charge in [0.25, 0.3) is 5.56 Å². The van der Waals surface area contributed by atoms with Gasteiger partial charge < -0.3 is 19.5 Å². The SMILES string of the molecule is Cn1c(=O)c(C(=O)CCC(=O)O)c(O)c2ccc(Oc3cccc(F)c3)cc21. The van der Waals surface area contributed by atoms with Gasteiger partial charge >= 0.3 is 5.97 Å². The van der Waals surface area contributed by atoms with E-state index in [1.165, 1.54) is 48.0 Å². The number of ether oxygens (including phenoxy) is 1. The topological polar surface area (TPSA) is 106 Å². The molecular weight excluding hydrogens is 369 g/mol. The van der Waals surface area contributed by atoms with Crippen LogP contribution in [-0.2, 0) is 11.8 Å². The van der Waals surface area contributed by atoms with Crippen LogP contribution in [0.4, 0.5) is 4.39 Å². The van der Waals surface area contributed by atoms with Crippen LogP contribution in [-0.4, -0.2) is 26.5 Å². The first kappa shape index (κ1) is 19.1. The Hall–Kier alpha value is -3.68. The predicted molar refractivity (Wildman–Crippen MR) is 98.5 cm³/mol. The first-order chi connectivity index (χ1) is 13.3. The van der Waals surface area contributed by atoms with Crippen molar-refractivity contribution in [1.82, 2.24) is 4.57 Å². The molecule has 0 amide bonds. The number of nitrogens with zero attached hydrogens (tertiary/aromatic N) is 1. The standard InChI is InChI=1S/C20H16FNO6/c1-22-15-10-13(28-12-4-2-3-11(21)9-12)5-6-14(15)19(26)18(20(22)27)16(23)7-8-17(24)25/h2-6,9-10,26H,7-8H2,1H3,(H,24,25). The number of pyridine rings is 1. The van der Waals surface area contributed by atoms with Crippen LogP contribution in [0.25, 0.3) is 10.9 Å². The molecule has 0 atom stereocenters. The summed E-state index contributed by atoms with van der Waals surface area (Å²) in [5.74, 6) is -2.34. The molecule has 28 heavy (non-hydrogen) atoms. The summed E-state index contributed by atoms with van der Waals surface area (Å²) in [4.78, 5) is 35.4. The van der Waals surface area contributed by atoms with Crippen molar-refractivity contribution in [3.05, 3.63) is 64.2 Å². The molecule has 0 aliphatic carbocycles. The number of aromatic hydroxyl groups is 1. The van der Waals surface area contributed by atoms with Crippen molar-refractivity contribution in [3.63, 3.8) is 0 Å². The second kappa shape index (κ2) is 7.51. The highest BCUT2D eigenvalue weighted by Gasteiger charge is 2.22. The highest BCUT2D eigenvalue weighted by atomic mass is 19.1. The summed E-state index contributed by atoms with van der Waals surface area (Å²) in [6.45, 7) is 0.